The lowest BCUT2D eigenvalue weighted by atomic mass is 9.84. The van der Waals surface area contributed by atoms with Gasteiger partial charge in [-0.15, -0.1) is 0 Å². The fraction of sp³-hybridized carbons (Fsp3) is 0.409. The van der Waals surface area contributed by atoms with Crippen LogP contribution in [0, 0.1) is 5.92 Å². The lowest BCUT2D eigenvalue weighted by molar-refractivity contribution is 0.186. The van der Waals surface area contributed by atoms with Gasteiger partial charge in [-0.1, -0.05) is 36.7 Å². The number of rotatable bonds is 5. The van der Waals surface area contributed by atoms with Crippen molar-refractivity contribution in [3.63, 3.8) is 0 Å². The van der Waals surface area contributed by atoms with Crippen molar-refractivity contribution >= 4 is 33.8 Å². The molecular formula is C22H25ClN2O3S. The van der Waals surface area contributed by atoms with Crippen molar-refractivity contribution in [2.45, 2.75) is 32.2 Å². The molecule has 0 saturated carbocycles. The Bertz CT molecular complexity index is 1090. The molecule has 0 N–H and O–H groups in total. The maximum absolute atomic E-state index is 13.1. The van der Waals surface area contributed by atoms with Crippen molar-refractivity contribution in [2.24, 2.45) is 5.92 Å². The van der Waals surface area contributed by atoms with Crippen LogP contribution in [0.25, 0.3) is 12.2 Å². The summed E-state index contributed by atoms with van der Waals surface area (Å²) < 4.78 is 28.5. The van der Waals surface area contributed by atoms with Crippen molar-refractivity contribution in [1.29, 1.82) is 0 Å². The van der Waals surface area contributed by atoms with E-state index in [9.17, 15) is 13.2 Å². The van der Waals surface area contributed by atoms with E-state index in [-0.39, 0.29) is 23.1 Å². The predicted octanol–water partition coefficient (Wildman–Crippen LogP) is 3.83. The summed E-state index contributed by atoms with van der Waals surface area (Å²) in [5, 5.41) is 0.678. The molecule has 154 valence electrons. The van der Waals surface area contributed by atoms with Crippen molar-refractivity contribution in [3.05, 3.63) is 68.6 Å². The van der Waals surface area contributed by atoms with Crippen LogP contribution in [0.15, 0.2) is 41.2 Å². The summed E-state index contributed by atoms with van der Waals surface area (Å²) in [5.41, 5.74) is 2.56. The molecule has 1 fully saturated rings. The van der Waals surface area contributed by atoms with Crippen molar-refractivity contribution < 1.29 is 8.42 Å². The van der Waals surface area contributed by atoms with E-state index < -0.39 is 10.0 Å². The minimum Gasteiger partial charge on any atom is -0.311 e. The maximum Gasteiger partial charge on any atom is 0.258 e. The quantitative estimate of drug-likeness (QED) is 0.721. The average Bonchev–Trinajstić information content (AvgIpc) is 2.69. The molecule has 4 rings (SSSR count). The largest absolute Gasteiger partial charge is 0.311 e. The zero-order valence-corrected chi connectivity index (χ0v) is 18.0. The van der Waals surface area contributed by atoms with Crippen LogP contribution in [0.5, 0.6) is 0 Å². The fourth-order valence-electron chi connectivity index (χ4n) is 4.42. The molecule has 29 heavy (non-hydrogen) atoms. The number of pyridine rings is 1. The van der Waals surface area contributed by atoms with Crippen LogP contribution in [0.4, 0.5) is 0 Å². The molecule has 2 bridgehead atoms. The fourth-order valence-corrected chi connectivity index (χ4v) is 6.16. The summed E-state index contributed by atoms with van der Waals surface area (Å²) in [6, 6.07) is 11.3. The number of benzene rings is 1. The molecule has 1 aromatic carbocycles. The number of nitrogens with zero attached hydrogens (tertiary/aromatic N) is 2. The smallest absolute Gasteiger partial charge is 0.258 e. The van der Waals surface area contributed by atoms with Gasteiger partial charge in [0, 0.05) is 41.8 Å². The third-order valence-electron chi connectivity index (χ3n) is 5.78. The molecule has 1 saturated heterocycles. The van der Waals surface area contributed by atoms with Gasteiger partial charge in [0.1, 0.15) is 0 Å². The molecule has 0 amide bonds. The van der Waals surface area contributed by atoms with E-state index in [1.165, 1.54) is 0 Å². The first-order valence-electron chi connectivity index (χ1n) is 10.0. The van der Waals surface area contributed by atoms with Gasteiger partial charge in [-0.3, -0.25) is 4.79 Å². The third-order valence-corrected chi connectivity index (χ3v) is 8.04. The van der Waals surface area contributed by atoms with Crippen molar-refractivity contribution in [2.75, 3.05) is 18.8 Å². The molecule has 2 aliphatic rings. The monoisotopic (exact) mass is 432 g/mol. The second-order valence-electron chi connectivity index (χ2n) is 7.95. The zero-order chi connectivity index (χ0) is 20.6. The highest BCUT2D eigenvalue weighted by molar-refractivity contribution is 7.89. The predicted molar refractivity (Wildman–Crippen MR) is 118 cm³/mol. The maximum atomic E-state index is 13.1. The molecule has 0 spiro atoms. The lowest BCUT2D eigenvalue weighted by Gasteiger charge is -2.42. The standard InChI is InChI=1S/C22H25ClN2O3S/c1-2-11-29(27,28)24-13-17-12-19(15-24)21-10-7-18(22(26)25(21)14-17)6-3-16-4-8-20(23)9-5-16/h3-10,17,19H,2,11-15H2,1H3/b6-3+/t17-,19+/m0/s1. The molecule has 2 atom stereocenters. The van der Waals surface area contributed by atoms with E-state index in [1.807, 2.05) is 60.0 Å². The zero-order valence-electron chi connectivity index (χ0n) is 16.4. The van der Waals surface area contributed by atoms with E-state index in [2.05, 4.69) is 0 Å². The molecule has 2 aromatic rings. The van der Waals surface area contributed by atoms with Gasteiger partial charge in [0.25, 0.3) is 5.56 Å². The van der Waals surface area contributed by atoms with Crippen molar-refractivity contribution in [3.8, 4) is 0 Å². The van der Waals surface area contributed by atoms with Gasteiger partial charge in [-0.2, -0.15) is 0 Å². The van der Waals surface area contributed by atoms with E-state index in [1.54, 1.807) is 4.31 Å². The Balaban J connectivity index is 1.61. The number of halogens is 1. The van der Waals surface area contributed by atoms with Crippen molar-refractivity contribution in [1.82, 2.24) is 8.87 Å². The first-order valence-corrected chi connectivity index (χ1v) is 12.0. The first kappa shape index (κ1) is 20.4. The number of piperidine rings is 1. The highest BCUT2D eigenvalue weighted by Crippen LogP contribution is 2.36. The Hall–Kier alpha value is -1.89. The van der Waals surface area contributed by atoms with Gasteiger partial charge in [0.05, 0.1) is 5.75 Å². The molecular weight excluding hydrogens is 408 g/mol. The Morgan fingerprint density at radius 2 is 1.83 bits per heavy atom. The third kappa shape index (κ3) is 4.20. The number of aromatic nitrogens is 1. The van der Waals surface area contributed by atoms with Crippen LogP contribution in [-0.4, -0.2) is 36.1 Å². The summed E-state index contributed by atoms with van der Waals surface area (Å²) in [6.45, 7) is 3.44. The Morgan fingerprint density at radius 3 is 2.55 bits per heavy atom. The average molecular weight is 433 g/mol. The molecule has 0 unspecified atom stereocenters. The van der Waals surface area contributed by atoms with Gasteiger partial charge in [-0.05, 0) is 54.7 Å². The number of sulfonamides is 1. The van der Waals surface area contributed by atoms with Gasteiger partial charge in [0.2, 0.25) is 10.0 Å². The summed E-state index contributed by atoms with van der Waals surface area (Å²) >= 11 is 5.92. The molecule has 0 radical (unpaired) electrons. The van der Waals surface area contributed by atoms with Crippen LogP contribution in [-0.2, 0) is 16.6 Å². The van der Waals surface area contributed by atoms with Crippen LogP contribution in [0.1, 0.15) is 42.5 Å². The van der Waals surface area contributed by atoms with Crippen LogP contribution in [0.3, 0.4) is 0 Å². The summed E-state index contributed by atoms with van der Waals surface area (Å²) in [5.74, 6) is 0.449. The minimum atomic E-state index is -3.21. The summed E-state index contributed by atoms with van der Waals surface area (Å²) in [4.78, 5) is 13.1. The Morgan fingerprint density at radius 1 is 1.07 bits per heavy atom. The Labute approximate surface area is 176 Å². The van der Waals surface area contributed by atoms with Gasteiger partial charge in [0.15, 0.2) is 0 Å². The van der Waals surface area contributed by atoms with Crippen LogP contribution in [0.2, 0.25) is 5.02 Å². The highest BCUT2D eigenvalue weighted by atomic mass is 35.5. The number of fused-ring (bicyclic) bond motifs is 4. The second kappa shape index (κ2) is 8.09. The molecule has 3 heterocycles. The normalized spacial score (nSPS) is 22.0. The highest BCUT2D eigenvalue weighted by Gasteiger charge is 2.38. The molecule has 0 aliphatic carbocycles. The Kier molecular flexibility index (Phi) is 5.69. The second-order valence-corrected chi connectivity index (χ2v) is 10.5. The lowest BCUT2D eigenvalue weighted by Crippen LogP contribution is -2.49. The van der Waals surface area contributed by atoms with E-state index in [0.717, 1.165) is 17.7 Å². The minimum absolute atomic E-state index is 0.00715. The molecule has 2 aliphatic heterocycles. The molecule has 1 aromatic heterocycles. The molecule has 5 nitrogen and oxygen atoms in total. The summed E-state index contributed by atoms with van der Waals surface area (Å²) in [6.07, 6.45) is 5.30. The van der Waals surface area contributed by atoms with Gasteiger partial charge < -0.3 is 4.57 Å². The van der Waals surface area contributed by atoms with Gasteiger partial charge in [-0.25, -0.2) is 12.7 Å². The van der Waals surface area contributed by atoms with E-state index in [4.69, 9.17) is 11.6 Å². The number of hydrogen-bond donors (Lipinski definition) is 0. The van der Waals surface area contributed by atoms with E-state index in [0.29, 0.717) is 36.6 Å². The van der Waals surface area contributed by atoms with Crippen LogP contribution >= 0.6 is 11.6 Å². The SMILES string of the molecule is CCCS(=O)(=O)N1C[C@@H]2C[C@H](C1)c1ccc(/C=C/c3ccc(Cl)cc3)c(=O)n1C2. The van der Waals surface area contributed by atoms with Gasteiger partial charge >= 0.3 is 0 Å². The number of hydrogen-bond acceptors (Lipinski definition) is 3. The van der Waals surface area contributed by atoms with E-state index >= 15 is 0 Å². The molecule has 7 heteroatoms. The van der Waals surface area contributed by atoms with Crippen LogP contribution < -0.4 is 5.56 Å². The summed E-state index contributed by atoms with van der Waals surface area (Å²) in [7, 11) is -3.21. The topological polar surface area (TPSA) is 59.4 Å². The first-order chi connectivity index (χ1) is 13.9.